The number of rotatable bonds is 33. The molecular weight excluding hydrogens is 1120 g/mol. The highest BCUT2D eigenvalue weighted by Gasteiger charge is 2.42. The zero-order chi connectivity index (χ0) is 60.5. The summed E-state index contributed by atoms with van der Waals surface area (Å²) < 4.78 is 6.82. The number of hydrogen-bond donors (Lipinski definition) is 2. The van der Waals surface area contributed by atoms with Crippen molar-refractivity contribution < 1.29 is 52.7 Å². The van der Waals surface area contributed by atoms with E-state index in [1.165, 1.54) is 54.1 Å². The highest BCUT2D eigenvalue weighted by atomic mass is 32.2. The van der Waals surface area contributed by atoms with Gasteiger partial charge in [-0.05, 0) is 61.7 Å². The first kappa shape index (κ1) is 66.0. The smallest absolute Gasteiger partial charge is 0.303 e. The summed E-state index contributed by atoms with van der Waals surface area (Å²) in [7, 11) is 5.13. The highest BCUT2D eigenvalue weighted by molar-refractivity contribution is 8.01. The second-order valence-corrected chi connectivity index (χ2v) is 25.5. The molecule has 0 bridgehead atoms. The van der Waals surface area contributed by atoms with E-state index in [9.17, 15) is 47.9 Å². The number of nitrogens with zero attached hydrogens (tertiary/aromatic N) is 7. The van der Waals surface area contributed by atoms with E-state index in [1.807, 2.05) is 87.5 Å². The van der Waals surface area contributed by atoms with Crippen LogP contribution in [-0.2, 0) is 54.3 Å². The molecule has 3 aliphatic rings. The van der Waals surface area contributed by atoms with Gasteiger partial charge in [-0.2, -0.15) is 0 Å². The summed E-state index contributed by atoms with van der Waals surface area (Å²) in [4.78, 5) is 150. The molecule has 3 aromatic rings. The molecule has 0 radical (unpaired) electrons. The highest BCUT2D eigenvalue weighted by Crippen LogP contribution is 2.34. The third kappa shape index (κ3) is 18.7. The van der Waals surface area contributed by atoms with Crippen LogP contribution >= 0.6 is 34.4 Å². The van der Waals surface area contributed by atoms with Gasteiger partial charge in [0.15, 0.2) is 17.7 Å². The quantitative estimate of drug-likeness (QED) is 0.0246. The summed E-state index contributed by atoms with van der Waals surface area (Å²) in [6.07, 6.45) is 4.19. The van der Waals surface area contributed by atoms with E-state index in [4.69, 9.17) is 15.5 Å². The number of esters is 1. The zero-order valence-corrected chi connectivity index (χ0v) is 51.6. The minimum atomic E-state index is -1.03. The molecule has 3 aliphatic heterocycles. The van der Waals surface area contributed by atoms with Crippen LogP contribution in [0.2, 0.25) is 0 Å². The van der Waals surface area contributed by atoms with Gasteiger partial charge >= 0.3 is 5.97 Å². The molecule has 83 heavy (non-hydrogen) atoms. The molecule has 2 saturated heterocycles. The van der Waals surface area contributed by atoms with Gasteiger partial charge in [-0.15, -0.1) is 34.4 Å². The third-order valence-electron chi connectivity index (χ3n) is 16.1. The maximum atomic E-state index is 14.9. The summed E-state index contributed by atoms with van der Waals surface area (Å²) in [5, 5.41) is 6.83. The average Bonchev–Trinajstić information content (AvgIpc) is 3.96. The minimum Gasteiger partial charge on any atom is -0.455 e. The molecule has 9 atom stereocenters. The van der Waals surface area contributed by atoms with Crippen LogP contribution in [0.3, 0.4) is 0 Å². The second kappa shape index (κ2) is 31.7. The van der Waals surface area contributed by atoms with Gasteiger partial charge in [-0.1, -0.05) is 76.9 Å². The Morgan fingerprint density at radius 1 is 0.880 bits per heavy atom. The maximum absolute atomic E-state index is 14.9. The fourth-order valence-corrected chi connectivity index (χ4v) is 13.5. The predicted octanol–water partition coefficient (Wildman–Crippen LogP) is 5.66. The van der Waals surface area contributed by atoms with E-state index in [0.29, 0.717) is 43.8 Å². The number of piperazine rings is 1. The van der Waals surface area contributed by atoms with Crippen LogP contribution in [0.15, 0.2) is 69.6 Å². The number of nitrogens with two attached hydrogens (primary N) is 1. The molecule has 20 nitrogen and oxygen atoms in total. The number of thiophene rings is 1. The molecular formula is C60H83N9O11S3. The Bertz CT molecular complexity index is 2750. The molecule has 2 fully saturated rings. The van der Waals surface area contributed by atoms with Crippen LogP contribution in [0.5, 0.6) is 0 Å². The van der Waals surface area contributed by atoms with Crippen LogP contribution in [0.4, 0.5) is 0 Å². The lowest BCUT2D eigenvalue weighted by atomic mass is 9.84. The largest absolute Gasteiger partial charge is 0.455 e. The lowest BCUT2D eigenvalue weighted by molar-refractivity contribution is -0.149. The van der Waals surface area contributed by atoms with Crippen molar-refractivity contribution in [2.24, 2.45) is 29.4 Å². The first-order valence-electron chi connectivity index (χ1n) is 28.8. The lowest BCUT2D eigenvalue weighted by Gasteiger charge is -2.37. The van der Waals surface area contributed by atoms with Gasteiger partial charge in [-0.3, -0.25) is 57.7 Å². The molecule has 2 aromatic heterocycles. The number of nitrogens with one attached hydrogen (secondary N) is 1. The second-order valence-electron chi connectivity index (χ2n) is 22.3. The van der Waals surface area contributed by atoms with Gasteiger partial charge in [0.2, 0.25) is 23.6 Å². The number of ether oxygens (including phenoxy) is 1. The van der Waals surface area contributed by atoms with E-state index in [2.05, 4.69) is 5.32 Å². The van der Waals surface area contributed by atoms with Gasteiger partial charge in [0.1, 0.15) is 16.7 Å². The number of unbranched alkanes of at least 4 members (excludes halogenated alkanes) is 1. The molecule has 452 valence electrons. The number of carbonyl (C=O) groups excluding carboxylic acids is 10. The average molecular weight is 1200 g/mol. The van der Waals surface area contributed by atoms with E-state index < -0.39 is 65.7 Å². The Labute approximate surface area is 500 Å². The Morgan fingerprint density at radius 3 is 2.16 bits per heavy atom. The van der Waals surface area contributed by atoms with Crippen molar-refractivity contribution in [1.82, 2.24) is 39.7 Å². The molecule has 5 heterocycles. The maximum Gasteiger partial charge on any atom is 0.303 e. The fourth-order valence-electron chi connectivity index (χ4n) is 10.6. The van der Waals surface area contributed by atoms with Gasteiger partial charge in [0, 0.05) is 134 Å². The Balaban J connectivity index is 1.17. The summed E-state index contributed by atoms with van der Waals surface area (Å²) in [6, 6.07) is 10.4. The van der Waals surface area contributed by atoms with Crippen molar-refractivity contribution >= 4 is 93.3 Å². The number of thioether (sulfide) groups is 1. The number of likely N-dealkylation sites (N-methyl/N-ethyl adjacent to an activating group) is 2. The SMILES string of the molecule is CC[C@H](C)C(CC(=O)[C@H]1CN1C)C(=O)N(C)[C@H](C[C@@H](OC(C)=O)c1nc(C(=O)N(C)[C@@H](CSc2cccs2)C(=O)C[C@H](CCCCN)C(=O)N[C@@H](Cc2ccccc2)C(=O)N2CCN(C(=O)CCCN3C(=O)C=CC3=O)CC2)cs1)C(C)C. The third-order valence-corrected chi connectivity index (χ3v) is 19.2. The number of benzene rings is 1. The summed E-state index contributed by atoms with van der Waals surface area (Å²) in [5.74, 6) is -4.87. The van der Waals surface area contributed by atoms with Gasteiger partial charge in [-0.25, -0.2) is 4.98 Å². The van der Waals surface area contributed by atoms with Crippen molar-refractivity contribution in [2.45, 2.75) is 133 Å². The molecule has 0 saturated carbocycles. The van der Waals surface area contributed by atoms with Crippen LogP contribution < -0.4 is 11.1 Å². The summed E-state index contributed by atoms with van der Waals surface area (Å²) >= 11 is 4.02. The number of hydrogen-bond acceptors (Lipinski definition) is 17. The van der Waals surface area contributed by atoms with Gasteiger partial charge < -0.3 is 35.4 Å². The number of aromatic nitrogens is 1. The zero-order valence-electron chi connectivity index (χ0n) is 49.2. The topological polar surface area (TPSA) is 250 Å². The predicted molar refractivity (Wildman–Crippen MR) is 319 cm³/mol. The molecule has 2 unspecified atom stereocenters. The number of thiazole rings is 1. The molecule has 0 spiro atoms. The first-order chi connectivity index (χ1) is 39.6. The summed E-state index contributed by atoms with van der Waals surface area (Å²) in [6.45, 7) is 11.3. The van der Waals surface area contributed by atoms with E-state index in [0.717, 1.165) is 26.0 Å². The number of amides is 7. The van der Waals surface area contributed by atoms with Crippen LogP contribution in [0, 0.1) is 23.7 Å². The first-order valence-corrected chi connectivity index (χ1v) is 31.6. The molecule has 0 aliphatic carbocycles. The van der Waals surface area contributed by atoms with E-state index in [1.54, 1.807) is 27.1 Å². The Morgan fingerprint density at radius 2 is 1.55 bits per heavy atom. The lowest BCUT2D eigenvalue weighted by Crippen LogP contribution is -2.57. The van der Waals surface area contributed by atoms with Gasteiger partial charge in [0.05, 0.1) is 16.3 Å². The molecule has 3 N–H and O–H groups in total. The summed E-state index contributed by atoms with van der Waals surface area (Å²) in [5.41, 5.74) is 6.74. The molecule has 7 amide bonds. The van der Waals surface area contributed by atoms with Crippen LogP contribution in [0.1, 0.15) is 120 Å². The van der Waals surface area contributed by atoms with E-state index >= 15 is 0 Å². The Hall–Kier alpha value is -6.14. The molecule has 1 aromatic carbocycles. The normalized spacial score (nSPS) is 18.5. The van der Waals surface area contributed by atoms with Crippen molar-refractivity contribution in [3.05, 3.63) is 81.6 Å². The number of imide groups is 1. The molecule has 23 heteroatoms. The number of carbonyl (C=O) groups is 10. The number of Topliss-reactive ketones (excluding diaryl/α,β-unsaturated/α-hetero) is 2. The van der Waals surface area contributed by atoms with Crippen LogP contribution in [-0.4, -0.2) is 190 Å². The minimum absolute atomic E-state index is 0.0184. The van der Waals surface area contributed by atoms with Gasteiger partial charge in [0.25, 0.3) is 17.7 Å². The van der Waals surface area contributed by atoms with Crippen molar-refractivity contribution in [3.63, 3.8) is 0 Å². The fraction of sp³-hybridized carbons (Fsp3) is 0.583. The van der Waals surface area contributed by atoms with Crippen molar-refractivity contribution in [1.29, 1.82) is 0 Å². The standard InChI is InChI=1S/C60H83N9O11S3/c1-9-39(4)43(33-50(72)47-35-64(47)6)58(77)65(7)46(38(2)3)34-51(80-40(5)70)57-63-45(36-83-57)59(78)66(8)48(37-82-55-21-16-30-81-55)49(71)32-42(19-13-14-24-61)56(76)62-44(31-41-17-11-10-12-18-41)60(79)68-28-26-67(27-29-68)52(73)20-15-25-69-53(74)22-23-54(69)75/h10-12,16-18,21-23,30,36,38-39,42-44,46-48,51H,9,13-15,19-20,24-29,31-35,37,61H2,1-8H3,(H,62,76)/t39-,42-,43?,44-,46+,47+,48-,51+,64?/m0/s1. The monoisotopic (exact) mass is 1200 g/mol. The van der Waals surface area contributed by atoms with Crippen molar-refractivity contribution in [2.75, 3.05) is 72.7 Å². The molecule has 6 rings (SSSR count). The Kier molecular flexibility index (Phi) is 25.2. The number of ketones is 2. The van der Waals surface area contributed by atoms with Crippen LogP contribution in [0.25, 0.3) is 0 Å². The van der Waals surface area contributed by atoms with Crippen molar-refractivity contribution in [3.8, 4) is 0 Å². The van der Waals surface area contributed by atoms with E-state index in [-0.39, 0.29) is 130 Å².